The van der Waals surface area contributed by atoms with E-state index in [9.17, 15) is 0 Å². The summed E-state index contributed by atoms with van der Waals surface area (Å²) in [4.78, 5) is 8.00. The van der Waals surface area contributed by atoms with Crippen LogP contribution in [0.5, 0.6) is 0 Å². The quantitative estimate of drug-likeness (QED) is 0.351. The van der Waals surface area contributed by atoms with Crippen molar-refractivity contribution >= 4 is 22.6 Å². The van der Waals surface area contributed by atoms with Crippen LogP contribution in [0.4, 0.5) is 0 Å². The number of benzene rings is 4. The summed E-state index contributed by atoms with van der Waals surface area (Å²) in [5, 5.41) is 0.706. The highest BCUT2D eigenvalue weighted by atomic mass is 35.5. The molecule has 134 valence electrons. The van der Waals surface area contributed by atoms with Crippen molar-refractivity contribution in [2.45, 2.75) is 0 Å². The highest BCUT2D eigenvalue weighted by molar-refractivity contribution is 6.31. The standard InChI is InChI=1S/C25H17ClN2/c26-22-14-15-23-24(16-22)28-25(27-23)21-12-10-20(11-13-21)19-8-6-18(7-9-19)17-4-2-1-3-5-17/h1-16H,(H,27,28). The van der Waals surface area contributed by atoms with Gasteiger partial charge in [0, 0.05) is 10.6 Å². The largest absolute Gasteiger partial charge is 0.338 e. The van der Waals surface area contributed by atoms with Crippen molar-refractivity contribution < 1.29 is 0 Å². The molecule has 0 aliphatic rings. The molecule has 0 bridgehead atoms. The molecule has 0 radical (unpaired) electrons. The van der Waals surface area contributed by atoms with Crippen LogP contribution in [0.1, 0.15) is 0 Å². The number of hydrogen-bond donors (Lipinski definition) is 1. The molecule has 1 aromatic heterocycles. The Hall–Kier alpha value is -3.36. The van der Waals surface area contributed by atoms with Crippen molar-refractivity contribution in [1.82, 2.24) is 9.97 Å². The van der Waals surface area contributed by atoms with Gasteiger partial charge in [0.15, 0.2) is 0 Å². The molecule has 0 amide bonds. The molecule has 0 saturated heterocycles. The summed E-state index contributed by atoms with van der Waals surface area (Å²) < 4.78 is 0. The number of fused-ring (bicyclic) bond motifs is 1. The summed E-state index contributed by atoms with van der Waals surface area (Å²) in [5.41, 5.74) is 7.75. The van der Waals surface area contributed by atoms with Gasteiger partial charge in [-0.25, -0.2) is 4.98 Å². The van der Waals surface area contributed by atoms with E-state index in [1.54, 1.807) is 0 Å². The first-order valence-electron chi connectivity index (χ1n) is 9.18. The lowest BCUT2D eigenvalue weighted by atomic mass is 9.99. The summed E-state index contributed by atoms with van der Waals surface area (Å²) >= 11 is 6.06. The molecule has 5 rings (SSSR count). The number of halogens is 1. The molecule has 3 heteroatoms. The summed E-state index contributed by atoms with van der Waals surface area (Å²) in [5.74, 6) is 0.850. The van der Waals surface area contributed by atoms with Gasteiger partial charge in [-0.1, -0.05) is 90.5 Å². The van der Waals surface area contributed by atoms with Gasteiger partial charge >= 0.3 is 0 Å². The number of nitrogens with one attached hydrogen (secondary N) is 1. The summed E-state index contributed by atoms with van der Waals surface area (Å²) in [6.45, 7) is 0. The van der Waals surface area contributed by atoms with Gasteiger partial charge in [-0.15, -0.1) is 0 Å². The number of rotatable bonds is 3. The molecular formula is C25H17ClN2. The molecule has 28 heavy (non-hydrogen) atoms. The molecule has 1 N–H and O–H groups in total. The highest BCUT2D eigenvalue weighted by Crippen LogP contribution is 2.28. The van der Waals surface area contributed by atoms with Crippen LogP contribution >= 0.6 is 11.6 Å². The Labute approximate surface area is 168 Å². The predicted molar refractivity (Wildman–Crippen MR) is 117 cm³/mol. The monoisotopic (exact) mass is 380 g/mol. The van der Waals surface area contributed by atoms with E-state index in [2.05, 4.69) is 82.8 Å². The Balaban J connectivity index is 1.42. The van der Waals surface area contributed by atoms with Crippen molar-refractivity contribution in [3.8, 4) is 33.6 Å². The number of H-pyrrole nitrogens is 1. The third-order valence-corrected chi connectivity index (χ3v) is 5.16. The van der Waals surface area contributed by atoms with E-state index in [0.29, 0.717) is 5.02 Å². The van der Waals surface area contributed by atoms with Crippen molar-refractivity contribution in [2.24, 2.45) is 0 Å². The Kier molecular flexibility index (Phi) is 4.19. The van der Waals surface area contributed by atoms with E-state index in [4.69, 9.17) is 11.6 Å². The average molecular weight is 381 g/mol. The van der Waals surface area contributed by atoms with Gasteiger partial charge in [0.2, 0.25) is 0 Å². The van der Waals surface area contributed by atoms with Gasteiger partial charge in [0.25, 0.3) is 0 Å². The molecule has 0 aliphatic heterocycles. The van der Waals surface area contributed by atoms with Gasteiger partial charge in [-0.3, -0.25) is 0 Å². The maximum Gasteiger partial charge on any atom is 0.138 e. The second-order valence-electron chi connectivity index (χ2n) is 6.77. The van der Waals surface area contributed by atoms with E-state index in [0.717, 1.165) is 22.4 Å². The summed E-state index contributed by atoms with van der Waals surface area (Å²) in [7, 11) is 0. The third-order valence-electron chi connectivity index (χ3n) is 4.93. The SMILES string of the molecule is Clc1ccc2nc(-c3ccc(-c4ccc(-c5ccccc5)cc4)cc3)[nH]c2c1. The van der Waals surface area contributed by atoms with E-state index in [-0.39, 0.29) is 0 Å². The molecule has 0 fully saturated rings. The zero-order valence-electron chi connectivity index (χ0n) is 15.1. The van der Waals surface area contributed by atoms with Crippen LogP contribution in [0.3, 0.4) is 0 Å². The Morgan fingerprint density at radius 2 is 1.11 bits per heavy atom. The van der Waals surface area contributed by atoms with Gasteiger partial charge in [0.05, 0.1) is 11.0 Å². The smallest absolute Gasteiger partial charge is 0.138 e. The lowest BCUT2D eigenvalue weighted by Crippen LogP contribution is -1.83. The topological polar surface area (TPSA) is 28.7 Å². The fraction of sp³-hybridized carbons (Fsp3) is 0. The van der Waals surface area contributed by atoms with Crippen LogP contribution in [0.25, 0.3) is 44.7 Å². The van der Waals surface area contributed by atoms with E-state index < -0.39 is 0 Å². The number of hydrogen-bond acceptors (Lipinski definition) is 1. The van der Waals surface area contributed by atoms with Crippen LogP contribution in [-0.4, -0.2) is 9.97 Å². The Bertz CT molecular complexity index is 1240. The molecule has 0 aliphatic carbocycles. The predicted octanol–water partition coefficient (Wildman–Crippen LogP) is 7.22. The molecule has 4 aromatic carbocycles. The molecule has 1 heterocycles. The molecule has 0 unspecified atom stereocenters. The Morgan fingerprint density at radius 1 is 0.571 bits per heavy atom. The molecule has 0 spiro atoms. The molecule has 0 saturated carbocycles. The molecule has 0 atom stereocenters. The van der Waals surface area contributed by atoms with Crippen molar-refractivity contribution in [3.63, 3.8) is 0 Å². The number of aromatic nitrogens is 2. The molecular weight excluding hydrogens is 364 g/mol. The maximum atomic E-state index is 6.06. The zero-order valence-corrected chi connectivity index (χ0v) is 15.8. The van der Waals surface area contributed by atoms with Crippen molar-refractivity contribution in [1.29, 1.82) is 0 Å². The van der Waals surface area contributed by atoms with Crippen molar-refractivity contribution in [2.75, 3.05) is 0 Å². The lowest BCUT2D eigenvalue weighted by Gasteiger charge is -2.06. The number of nitrogens with zero attached hydrogens (tertiary/aromatic N) is 1. The van der Waals surface area contributed by atoms with Crippen LogP contribution in [0, 0.1) is 0 Å². The fourth-order valence-electron chi connectivity index (χ4n) is 3.42. The second kappa shape index (κ2) is 6.99. The van der Waals surface area contributed by atoms with Crippen LogP contribution in [0.2, 0.25) is 5.02 Å². The number of imidazole rings is 1. The highest BCUT2D eigenvalue weighted by Gasteiger charge is 2.07. The van der Waals surface area contributed by atoms with E-state index in [1.165, 1.54) is 22.3 Å². The number of aromatic amines is 1. The third kappa shape index (κ3) is 3.19. The van der Waals surface area contributed by atoms with Gasteiger partial charge in [-0.2, -0.15) is 0 Å². The van der Waals surface area contributed by atoms with E-state index in [1.807, 2.05) is 24.3 Å². The van der Waals surface area contributed by atoms with Crippen LogP contribution < -0.4 is 0 Å². The minimum atomic E-state index is 0.706. The molecule has 2 nitrogen and oxygen atoms in total. The van der Waals surface area contributed by atoms with Crippen LogP contribution in [-0.2, 0) is 0 Å². The summed E-state index contributed by atoms with van der Waals surface area (Å²) in [6.07, 6.45) is 0. The maximum absolute atomic E-state index is 6.06. The van der Waals surface area contributed by atoms with Crippen LogP contribution in [0.15, 0.2) is 97.1 Å². The Morgan fingerprint density at radius 3 is 1.71 bits per heavy atom. The van der Waals surface area contributed by atoms with Gasteiger partial charge < -0.3 is 4.98 Å². The van der Waals surface area contributed by atoms with Gasteiger partial charge in [-0.05, 0) is 40.5 Å². The van der Waals surface area contributed by atoms with Gasteiger partial charge in [0.1, 0.15) is 5.82 Å². The zero-order chi connectivity index (χ0) is 18.9. The average Bonchev–Trinajstić information content (AvgIpc) is 3.18. The first-order chi connectivity index (χ1) is 13.8. The normalized spacial score (nSPS) is 11.0. The minimum Gasteiger partial charge on any atom is -0.338 e. The first kappa shape index (κ1) is 16.8. The minimum absolute atomic E-state index is 0.706. The lowest BCUT2D eigenvalue weighted by molar-refractivity contribution is 1.34. The van der Waals surface area contributed by atoms with Crippen molar-refractivity contribution in [3.05, 3.63) is 102 Å². The second-order valence-corrected chi connectivity index (χ2v) is 7.20. The first-order valence-corrected chi connectivity index (χ1v) is 9.56. The summed E-state index contributed by atoms with van der Waals surface area (Å²) in [6, 6.07) is 33.2. The molecule has 5 aromatic rings. The fourth-order valence-corrected chi connectivity index (χ4v) is 3.60. The van der Waals surface area contributed by atoms with E-state index >= 15 is 0 Å².